The molecule has 0 aliphatic carbocycles. The monoisotopic (exact) mass is 110 g/mol. The van der Waals surface area contributed by atoms with E-state index in [2.05, 4.69) is 10.3 Å². The molecule has 0 aromatic carbocycles. The van der Waals surface area contributed by atoms with E-state index in [0.29, 0.717) is 0 Å². The molecule has 0 bridgehead atoms. The van der Waals surface area contributed by atoms with Gasteiger partial charge < -0.3 is 5.32 Å². The highest BCUT2D eigenvalue weighted by Crippen LogP contribution is 1.96. The van der Waals surface area contributed by atoms with E-state index < -0.39 is 0 Å². The van der Waals surface area contributed by atoms with Crippen LogP contribution in [0.3, 0.4) is 0 Å². The van der Waals surface area contributed by atoms with Gasteiger partial charge in [-0.15, -0.1) is 0 Å². The number of hydrogen-bond acceptors (Lipinski definition) is 2. The standard InChI is InChI=1S/C6H10N2/c1-5-3-7-4-6(2)8-5/h3,7H,4H2,1-2H3. The Labute approximate surface area is 49.3 Å². The van der Waals surface area contributed by atoms with E-state index in [0.717, 1.165) is 18.0 Å². The van der Waals surface area contributed by atoms with E-state index in [1.807, 2.05) is 20.0 Å². The molecule has 0 unspecified atom stereocenters. The van der Waals surface area contributed by atoms with Gasteiger partial charge in [0.15, 0.2) is 0 Å². The minimum absolute atomic E-state index is 0.900. The molecule has 1 aliphatic rings. The molecule has 8 heavy (non-hydrogen) atoms. The summed E-state index contributed by atoms with van der Waals surface area (Å²) in [6.07, 6.45) is 1.92. The minimum atomic E-state index is 0.900. The van der Waals surface area contributed by atoms with Crippen molar-refractivity contribution in [2.45, 2.75) is 13.8 Å². The van der Waals surface area contributed by atoms with Crippen LogP contribution >= 0.6 is 0 Å². The van der Waals surface area contributed by atoms with Crippen molar-refractivity contribution in [1.29, 1.82) is 0 Å². The fourth-order valence-corrected chi connectivity index (χ4v) is 0.719. The van der Waals surface area contributed by atoms with Crippen LogP contribution in [0.2, 0.25) is 0 Å². The largest absolute Gasteiger partial charge is 0.384 e. The Balaban J connectivity index is 2.69. The Kier molecular flexibility index (Phi) is 1.33. The summed E-state index contributed by atoms with van der Waals surface area (Å²) in [6, 6.07) is 0. The maximum Gasteiger partial charge on any atom is 0.0529 e. The van der Waals surface area contributed by atoms with Gasteiger partial charge in [-0.1, -0.05) is 0 Å². The van der Waals surface area contributed by atoms with Crippen molar-refractivity contribution >= 4 is 5.71 Å². The highest BCUT2D eigenvalue weighted by Gasteiger charge is 1.94. The molecule has 0 saturated carbocycles. The summed E-state index contributed by atoms with van der Waals surface area (Å²) in [7, 11) is 0. The van der Waals surface area contributed by atoms with Gasteiger partial charge in [-0.05, 0) is 13.8 Å². The van der Waals surface area contributed by atoms with E-state index in [1.165, 1.54) is 0 Å². The second-order valence-corrected chi connectivity index (χ2v) is 2.01. The zero-order valence-electron chi connectivity index (χ0n) is 5.23. The molecular formula is C6H10N2. The summed E-state index contributed by atoms with van der Waals surface area (Å²) in [4.78, 5) is 4.20. The average Bonchev–Trinajstić information content (AvgIpc) is 1.64. The van der Waals surface area contributed by atoms with Crippen molar-refractivity contribution in [3.8, 4) is 0 Å². The number of aliphatic imine (C=N–C) groups is 1. The van der Waals surface area contributed by atoms with E-state index in [4.69, 9.17) is 0 Å². The highest BCUT2D eigenvalue weighted by molar-refractivity contribution is 5.85. The molecule has 0 aromatic heterocycles. The van der Waals surface area contributed by atoms with Crippen LogP contribution in [0, 0.1) is 0 Å². The number of nitrogens with zero attached hydrogens (tertiary/aromatic N) is 1. The maximum absolute atomic E-state index is 4.20. The Morgan fingerprint density at radius 3 is 2.75 bits per heavy atom. The molecule has 0 amide bonds. The molecule has 0 aromatic rings. The minimum Gasteiger partial charge on any atom is -0.384 e. The molecule has 1 N–H and O–H groups in total. The van der Waals surface area contributed by atoms with Crippen LogP contribution in [0.5, 0.6) is 0 Å². The lowest BCUT2D eigenvalue weighted by Crippen LogP contribution is -2.19. The van der Waals surface area contributed by atoms with Crippen molar-refractivity contribution < 1.29 is 0 Å². The third-order valence-electron chi connectivity index (χ3n) is 1.04. The molecule has 2 nitrogen and oxygen atoms in total. The number of hydrogen-bond donors (Lipinski definition) is 1. The van der Waals surface area contributed by atoms with Crippen LogP contribution < -0.4 is 5.32 Å². The van der Waals surface area contributed by atoms with Crippen LogP contribution in [0.25, 0.3) is 0 Å². The Morgan fingerprint density at radius 2 is 2.38 bits per heavy atom. The van der Waals surface area contributed by atoms with Gasteiger partial charge in [0.2, 0.25) is 0 Å². The molecule has 1 aliphatic heterocycles. The van der Waals surface area contributed by atoms with E-state index >= 15 is 0 Å². The first-order valence-electron chi connectivity index (χ1n) is 2.73. The molecule has 0 saturated heterocycles. The molecule has 1 rings (SSSR count). The van der Waals surface area contributed by atoms with Gasteiger partial charge >= 0.3 is 0 Å². The van der Waals surface area contributed by atoms with Gasteiger partial charge in [0, 0.05) is 11.9 Å². The quantitative estimate of drug-likeness (QED) is 0.492. The summed E-state index contributed by atoms with van der Waals surface area (Å²) < 4.78 is 0. The van der Waals surface area contributed by atoms with Crippen LogP contribution in [0.1, 0.15) is 13.8 Å². The Morgan fingerprint density at radius 1 is 1.62 bits per heavy atom. The van der Waals surface area contributed by atoms with Crippen LogP contribution in [0.4, 0.5) is 0 Å². The lowest BCUT2D eigenvalue weighted by Gasteiger charge is -2.06. The first-order valence-corrected chi connectivity index (χ1v) is 2.73. The number of rotatable bonds is 0. The van der Waals surface area contributed by atoms with Crippen molar-refractivity contribution in [2.75, 3.05) is 6.54 Å². The summed E-state index contributed by atoms with van der Waals surface area (Å²) in [5, 5.41) is 3.09. The van der Waals surface area contributed by atoms with Gasteiger partial charge in [0.05, 0.1) is 12.2 Å². The lowest BCUT2D eigenvalue weighted by molar-refractivity contribution is 0.953. The maximum atomic E-state index is 4.20. The molecule has 1 heterocycles. The zero-order valence-corrected chi connectivity index (χ0v) is 5.23. The predicted octanol–water partition coefficient (Wildman–Crippen LogP) is 0.912. The highest BCUT2D eigenvalue weighted by atomic mass is 14.9. The third kappa shape index (κ3) is 1.09. The SMILES string of the molecule is CC1=CNCC(C)=N1. The fourth-order valence-electron chi connectivity index (χ4n) is 0.719. The van der Waals surface area contributed by atoms with E-state index in [9.17, 15) is 0 Å². The summed E-state index contributed by atoms with van der Waals surface area (Å²) >= 11 is 0. The van der Waals surface area contributed by atoms with Crippen LogP contribution in [-0.2, 0) is 0 Å². The molecule has 0 radical (unpaired) electrons. The fraction of sp³-hybridized carbons (Fsp3) is 0.500. The van der Waals surface area contributed by atoms with Crippen LogP contribution in [-0.4, -0.2) is 12.3 Å². The van der Waals surface area contributed by atoms with Crippen LogP contribution in [0.15, 0.2) is 16.9 Å². The van der Waals surface area contributed by atoms with Gasteiger partial charge in [-0.2, -0.15) is 0 Å². The van der Waals surface area contributed by atoms with E-state index in [1.54, 1.807) is 0 Å². The van der Waals surface area contributed by atoms with E-state index in [-0.39, 0.29) is 0 Å². The molecule has 0 spiro atoms. The normalized spacial score (nSPS) is 18.8. The Hall–Kier alpha value is -0.790. The molecule has 0 atom stereocenters. The number of allylic oxidation sites excluding steroid dienone is 1. The Bertz CT molecular complexity index is 145. The van der Waals surface area contributed by atoms with Gasteiger partial charge in [0.25, 0.3) is 0 Å². The smallest absolute Gasteiger partial charge is 0.0529 e. The lowest BCUT2D eigenvalue weighted by atomic mass is 10.3. The number of nitrogens with one attached hydrogen (secondary N) is 1. The first-order chi connectivity index (χ1) is 3.79. The average molecular weight is 110 g/mol. The first kappa shape index (κ1) is 5.35. The third-order valence-corrected chi connectivity index (χ3v) is 1.04. The van der Waals surface area contributed by atoms with Crippen molar-refractivity contribution in [3.63, 3.8) is 0 Å². The summed E-state index contributed by atoms with van der Waals surface area (Å²) in [5.74, 6) is 0. The second kappa shape index (κ2) is 1.99. The molecular weight excluding hydrogens is 100 g/mol. The van der Waals surface area contributed by atoms with Gasteiger partial charge in [-0.3, -0.25) is 4.99 Å². The summed E-state index contributed by atoms with van der Waals surface area (Å²) in [6.45, 7) is 4.90. The van der Waals surface area contributed by atoms with Crippen molar-refractivity contribution in [1.82, 2.24) is 5.32 Å². The topological polar surface area (TPSA) is 24.4 Å². The van der Waals surface area contributed by atoms with Gasteiger partial charge in [0.1, 0.15) is 0 Å². The van der Waals surface area contributed by atoms with Crippen molar-refractivity contribution in [2.24, 2.45) is 4.99 Å². The predicted molar refractivity (Wildman–Crippen MR) is 34.9 cm³/mol. The molecule has 44 valence electrons. The second-order valence-electron chi connectivity index (χ2n) is 2.01. The summed E-state index contributed by atoms with van der Waals surface area (Å²) in [5.41, 5.74) is 2.22. The van der Waals surface area contributed by atoms with Crippen molar-refractivity contribution in [3.05, 3.63) is 11.9 Å². The molecule has 0 fully saturated rings. The molecule has 2 heteroatoms. The zero-order chi connectivity index (χ0) is 5.98. The van der Waals surface area contributed by atoms with Gasteiger partial charge in [-0.25, -0.2) is 0 Å².